The summed E-state index contributed by atoms with van der Waals surface area (Å²) in [7, 11) is 0. The maximum absolute atomic E-state index is 12.1. The van der Waals surface area contributed by atoms with Crippen molar-refractivity contribution in [2.24, 2.45) is 0 Å². The first-order valence-corrected chi connectivity index (χ1v) is 8.68. The number of carbonyl (C=O) groups excluding carboxylic acids is 3. The fourth-order valence-corrected chi connectivity index (χ4v) is 2.66. The Hall–Kier alpha value is -3.37. The molecule has 0 atom stereocenters. The molecule has 2 aromatic rings. The van der Waals surface area contributed by atoms with Crippen molar-refractivity contribution >= 4 is 35.1 Å². The van der Waals surface area contributed by atoms with Gasteiger partial charge in [0.2, 0.25) is 0 Å². The van der Waals surface area contributed by atoms with Crippen molar-refractivity contribution in [3.8, 4) is 6.07 Å². The smallest absolute Gasteiger partial charge is 0.325 e. The van der Waals surface area contributed by atoms with Gasteiger partial charge in [-0.2, -0.15) is 5.26 Å². The van der Waals surface area contributed by atoms with E-state index in [2.05, 4.69) is 10.6 Å². The third-order valence-electron chi connectivity index (χ3n) is 3.61. The molecule has 0 saturated carbocycles. The molecule has 7 nitrogen and oxygen atoms in total. The van der Waals surface area contributed by atoms with Crippen LogP contribution in [0.15, 0.2) is 36.4 Å². The van der Waals surface area contributed by atoms with Crippen LogP contribution in [0.25, 0.3) is 0 Å². The average molecular weight is 400 g/mol. The topological polar surface area (TPSA) is 108 Å². The molecule has 0 heterocycles. The van der Waals surface area contributed by atoms with Crippen LogP contribution in [-0.2, 0) is 14.3 Å². The Kier molecular flexibility index (Phi) is 7.13. The molecule has 0 saturated heterocycles. The van der Waals surface area contributed by atoms with Gasteiger partial charge in [0, 0.05) is 11.3 Å². The van der Waals surface area contributed by atoms with Gasteiger partial charge in [0.25, 0.3) is 11.8 Å². The number of aryl methyl sites for hydroxylation is 2. The molecule has 2 amide bonds. The monoisotopic (exact) mass is 399 g/mol. The van der Waals surface area contributed by atoms with Crippen molar-refractivity contribution in [1.29, 1.82) is 5.26 Å². The molecule has 144 valence electrons. The fourth-order valence-electron chi connectivity index (χ4n) is 2.44. The summed E-state index contributed by atoms with van der Waals surface area (Å²) in [5, 5.41) is 14.0. The van der Waals surface area contributed by atoms with Crippen molar-refractivity contribution < 1.29 is 19.1 Å². The summed E-state index contributed by atoms with van der Waals surface area (Å²) < 4.78 is 4.83. The minimum atomic E-state index is -0.745. The van der Waals surface area contributed by atoms with Crippen LogP contribution in [0.1, 0.15) is 27.0 Å². The van der Waals surface area contributed by atoms with Crippen LogP contribution < -0.4 is 10.6 Å². The van der Waals surface area contributed by atoms with E-state index in [0.717, 1.165) is 11.1 Å². The predicted octanol–water partition coefficient (Wildman–Crippen LogP) is 2.74. The van der Waals surface area contributed by atoms with Crippen molar-refractivity contribution in [1.82, 2.24) is 5.32 Å². The van der Waals surface area contributed by atoms with E-state index >= 15 is 0 Å². The first kappa shape index (κ1) is 20.9. The molecule has 0 aliphatic rings. The molecule has 2 N–H and O–H groups in total. The van der Waals surface area contributed by atoms with E-state index in [1.807, 2.05) is 26.0 Å². The summed E-state index contributed by atoms with van der Waals surface area (Å²) in [6, 6.07) is 11.7. The second-order valence-corrected chi connectivity index (χ2v) is 6.48. The minimum absolute atomic E-state index is 0.200. The lowest BCUT2D eigenvalue weighted by Crippen LogP contribution is -2.32. The quantitative estimate of drug-likeness (QED) is 0.726. The van der Waals surface area contributed by atoms with Crippen LogP contribution in [0.2, 0.25) is 5.02 Å². The van der Waals surface area contributed by atoms with Gasteiger partial charge in [-0.25, -0.2) is 0 Å². The number of amides is 2. The maximum atomic E-state index is 12.1. The highest BCUT2D eigenvalue weighted by atomic mass is 35.5. The molecule has 28 heavy (non-hydrogen) atoms. The number of nitriles is 1. The predicted molar refractivity (Wildman–Crippen MR) is 104 cm³/mol. The molecule has 8 heteroatoms. The molecule has 0 spiro atoms. The van der Waals surface area contributed by atoms with E-state index in [9.17, 15) is 14.4 Å². The lowest BCUT2D eigenvalue weighted by atomic mass is 10.1. The Morgan fingerprint density at radius 3 is 2.39 bits per heavy atom. The molecule has 2 aromatic carbocycles. The summed E-state index contributed by atoms with van der Waals surface area (Å²) in [4.78, 5) is 35.7. The number of nitrogens with one attached hydrogen (secondary N) is 2. The number of nitrogens with zero attached hydrogens (tertiary/aromatic N) is 1. The summed E-state index contributed by atoms with van der Waals surface area (Å²) in [6.07, 6.45) is 0. The van der Waals surface area contributed by atoms with Gasteiger partial charge in [-0.1, -0.05) is 28.8 Å². The Morgan fingerprint density at radius 1 is 1.11 bits per heavy atom. The molecule has 0 fully saturated rings. The average Bonchev–Trinajstić information content (AvgIpc) is 2.63. The number of esters is 1. The highest BCUT2D eigenvalue weighted by Crippen LogP contribution is 2.20. The van der Waals surface area contributed by atoms with E-state index in [0.29, 0.717) is 11.3 Å². The van der Waals surface area contributed by atoms with Gasteiger partial charge in [-0.3, -0.25) is 14.4 Å². The van der Waals surface area contributed by atoms with Crippen LogP contribution in [0.4, 0.5) is 5.69 Å². The van der Waals surface area contributed by atoms with Crippen molar-refractivity contribution in [3.63, 3.8) is 0 Å². The fraction of sp³-hybridized carbons (Fsp3) is 0.200. The van der Waals surface area contributed by atoms with Gasteiger partial charge >= 0.3 is 5.97 Å². The highest BCUT2D eigenvalue weighted by molar-refractivity contribution is 6.32. The van der Waals surface area contributed by atoms with Crippen LogP contribution in [-0.4, -0.2) is 30.9 Å². The highest BCUT2D eigenvalue weighted by Gasteiger charge is 2.12. The number of benzene rings is 2. The maximum Gasteiger partial charge on any atom is 0.325 e. The van der Waals surface area contributed by atoms with Crippen molar-refractivity contribution in [2.45, 2.75) is 13.8 Å². The summed E-state index contributed by atoms with van der Waals surface area (Å²) >= 11 is 5.88. The normalized spacial score (nSPS) is 9.93. The third kappa shape index (κ3) is 6.11. The summed E-state index contributed by atoms with van der Waals surface area (Å²) in [5.41, 5.74) is 2.97. The van der Waals surface area contributed by atoms with Gasteiger partial charge in [-0.15, -0.1) is 0 Å². The largest absolute Gasteiger partial charge is 0.454 e. The number of carbonyl (C=O) groups is 3. The molecule has 0 unspecified atom stereocenters. The SMILES string of the molecule is Cc1cc(C)cc(C(=O)NCC(=O)OCC(=O)Nc2ccc(C#N)c(Cl)c2)c1. The number of ether oxygens (including phenoxy) is 1. The van der Waals surface area contributed by atoms with Crippen LogP contribution >= 0.6 is 11.6 Å². The van der Waals surface area contributed by atoms with E-state index in [1.165, 1.54) is 18.2 Å². The number of halogens is 1. The summed E-state index contributed by atoms with van der Waals surface area (Å²) in [6.45, 7) is 2.87. The molecule has 0 radical (unpaired) electrons. The van der Waals surface area contributed by atoms with Crippen molar-refractivity contribution in [2.75, 3.05) is 18.5 Å². The van der Waals surface area contributed by atoms with Gasteiger partial charge < -0.3 is 15.4 Å². The molecule has 0 bridgehead atoms. The van der Waals surface area contributed by atoms with Gasteiger partial charge in [-0.05, 0) is 44.2 Å². The first-order chi connectivity index (χ1) is 13.3. The standard InChI is InChI=1S/C20H18ClN3O4/c1-12-5-13(2)7-15(6-12)20(27)23-10-19(26)28-11-18(25)24-16-4-3-14(9-22)17(21)8-16/h3-8H,10-11H2,1-2H3,(H,23,27)(H,24,25). The molecule has 2 rings (SSSR count). The second-order valence-electron chi connectivity index (χ2n) is 6.07. The van der Waals surface area contributed by atoms with E-state index in [1.54, 1.807) is 12.1 Å². The Morgan fingerprint density at radius 2 is 1.79 bits per heavy atom. The van der Waals surface area contributed by atoms with Crippen molar-refractivity contribution in [3.05, 3.63) is 63.7 Å². The van der Waals surface area contributed by atoms with Crippen LogP contribution in [0.5, 0.6) is 0 Å². The van der Waals surface area contributed by atoms with E-state index < -0.39 is 24.4 Å². The van der Waals surface area contributed by atoms with Crippen LogP contribution in [0.3, 0.4) is 0 Å². The zero-order chi connectivity index (χ0) is 20.7. The van der Waals surface area contributed by atoms with Gasteiger partial charge in [0.1, 0.15) is 12.6 Å². The zero-order valence-corrected chi connectivity index (χ0v) is 16.1. The zero-order valence-electron chi connectivity index (χ0n) is 15.3. The lowest BCUT2D eigenvalue weighted by Gasteiger charge is -2.09. The van der Waals surface area contributed by atoms with E-state index in [-0.39, 0.29) is 17.1 Å². The van der Waals surface area contributed by atoms with Gasteiger partial charge in [0.05, 0.1) is 10.6 Å². The number of hydrogen-bond acceptors (Lipinski definition) is 5. The second kappa shape index (κ2) is 9.53. The molecule has 0 aliphatic carbocycles. The Bertz CT molecular complexity index is 946. The Labute approximate surface area is 167 Å². The van der Waals surface area contributed by atoms with E-state index in [4.69, 9.17) is 21.6 Å². The Balaban J connectivity index is 1.78. The number of rotatable bonds is 6. The number of anilines is 1. The van der Waals surface area contributed by atoms with Gasteiger partial charge in [0.15, 0.2) is 6.61 Å². The lowest BCUT2D eigenvalue weighted by molar-refractivity contribution is -0.146. The first-order valence-electron chi connectivity index (χ1n) is 8.30. The number of hydrogen-bond donors (Lipinski definition) is 2. The van der Waals surface area contributed by atoms with Crippen LogP contribution in [0, 0.1) is 25.2 Å². The molecular formula is C20H18ClN3O4. The molecular weight excluding hydrogens is 382 g/mol. The molecule has 0 aliphatic heterocycles. The summed E-state index contributed by atoms with van der Waals surface area (Å²) in [5.74, 6) is -1.72. The third-order valence-corrected chi connectivity index (χ3v) is 3.93. The minimum Gasteiger partial charge on any atom is -0.454 e. The molecule has 0 aromatic heterocycles.